The minimum atomic E-state index is -0.825. The lowest BCUT2D eigenvalue weighted by molar-refractivity contribution is -0.139. The molecule has 4 rings (SSSR count). The van der Waals surface area contributed by atoms with Crippen molar-refractivity contribution in [3.8, 4) is 11.5 Å². The molecule has 0 bridgehead atoms. The highest BCUT2D eigenvalue weighted by atomic mass is 35.5. The van der Waals surface area contributed by atoms with Crippen molar-refractivity contribution in [3.63, 3.8) is 0 Å². The minimum absolute atomic E-state index is 0.0691. The first-order valence-electron chi connectivity index (χ1n) is 11.3. The third-order valence-electron chi connectivity index (χ3n) is 5.44. The Kier molecular flexibility index (Phi) is 7.59. The summed E-state index contributed by atoms with van der Waals surface area (Å²) in [5.74, 6) is -0.206. The summed E-state index contributed by atoms with van der Waals surface area (Å²) in [4.78, 5) is 31.8. The van der Waals surface area contributed by atoms with Crippen LogP contribution in [0.1, 0.15) is 44.9 Å². The van der Waals surface area contributed by atoms with Crippen LogP contribution in [0.25, 0.3) is 6.08 Å². The standard InChI is InChI=1S/C26H24Cl2N2O5S/c1-5-34-25(33)21-14(4)29-26-30(22(21)17-8-6-7-9-19(17)35-13(2)3)24(32)20(36-26)11-15-10-16(27)12-18(28)23(15)31/h6-13,22,31H,5H2,1-4H3/b20-11-. The third kappa shape index (κ3) is 4.93. The topological polar surface area (TPSA) is 90.1 Å². The lowest BCUT2D eigenvalue weighted by Gasteiger charge is -2.26. The molecule has 1 aliphatic heterocycles. The molecule has 0 fully saturated rings. The largest absolute Gasteiger partial charge is 0.506 e. The summed E-state index contributed by atoms with van der Waals surface area (Å²) < 4.78 is 13.1. The van der Waals surface area contributed by atoms with E-state index in [0.29, 0.717) is 32.4 Å². The summed E-state index contributed by atoms with van der Waals surface area (Å²) >= 11 is 13.3. The van der Waals surface area contributed by atoms with Crippen LogP contribution in [0.15, 0.2) is 57.5 Å². The maximum absolute atomic E-state index is 13.8. The van der Waals surface area contributed by atoms with Gasteiger partial charge in [-0.2, -0.15) is 0 Å². The molecule has 0 radical (unpaired) electrons. The van der Waals surface area contributed by atoms with Gasteiger partial charge in [-0.1, -0.05) is 52.7 Å². The Balaban J connectivity index is 2.01. The van der Waals surface area contributed by atoms with Crippen molar-refractivity contribution in [1.29, 1.82) is 0 Å². The van der Waals surface area contributed by atoms with Gasteiger partial charge < -0.3 is 14.6 Å². The van der Waals surface area contributed by atoms with Gasteiger partial charge in [-0.3, -0.25) is 9.36 Å². The smallest absolute Gasteiger partial charge is 0.338 e. The van der Waals surface area contributed by atoms with E-state index in [9.17, 15) is 14.7 Å². The quantitative estimate of drug-likeness (QED) is 0.456. The van der Waals surface area contributed by atoms with Crippen molar-refractivity contribution in [1.82, 2.24) is 4.57 Å². The van der Waals surface area contributed by atoms with Gasteiger partial charge in [0.1, 0.15) is 17.5 Å². The Morgan fingerprint density at radius 3 is 2.69 bits per heavy atom. The van der Waals surface area contributed by atoms with Crippen LogP contribution in [-0.2, 0) is 9.53 Å². The van der Waals surface area contributed by atoms with Crippen LogP contribution in [0.2, 0.25) is 10.0 Å². The summed E-state index contributed by atoms with van der Waals surface area (Å²) in [5, 5.41) is 10.8. The molecule has 1 aromatic heterocycles. The molecule has 0 saturated carbocycles. The number of carbonyl (C=O) groups excluding carboxylic acids is 1. The monoisotopic (exact) mass is 546 g/mol. The summed E-state index contributed by atoms with van der Waals surface area (Å²) in [7, 11) is 0. The molecule has 7 nitrogen and oxygen atoms in total. The Morgan fingerprint density at radius 2 is 2.00 bits per heavy atom. The molecule has 2 aromatic carbocycles. The second-order valence-electron chi connectivity index (χ2n) is 8.33. The minimum Gasteiger partial charge on any atom is -0.506 e. The maximum atomic E-state index is 13.8. The van der Waals surface area contributed by atoms with E-state index in [1.165, 1.54) is 22.8 Å². The predicted octanol–water partition coefficient (Wildman–Crippen LogP) is 4.60. The Labute approximate surface area is 221 Å². The van der Waals surface area contributed by atoms with Crippen molar-refractivity contribution in [2.75, 3.05) is 6.61 Å². The maximum Gasteiger partial charge on any atom is 0.338 e. The number of benzene rings is 2. The molecule has 3 aromatic rings. The average Bonchev–Trinajstić information content (AvgIpc) is 3.11. The fourth-order valence-corrected chi connectivity index (χ4v) is 5.54. The van der Waals surface area contributed by atoms with E-state index in [2.05, 4.69) is 4.99 Å². The second kappa shape index (κ2) is 10.5. The van der Waals surface area contributed by atoms with Gasteiger partial charge >= 0.3 is 5.97 Å². The zero-order valence-corrected chi connectivity index (χ0v) is 22.4. The molecular weight excluding hydrogens is 523 g/mol. The van der Waals surface area contributed by atoms with E-state index in [-0.39, 0.29) is 33.6 Å². The normalized spacial score (nSPS) is 15.6. The number of para-hydroxylation sites is 1. The average molecular weight is 547 g/mol. The van der Waals surface area contributed by atoms with Crippen molar-refractivity contribution >= 4 is 46.6 Å². The number of hydrogen-bond donors (Lipinski definition) is 1. The van der Waals surface area contributed by atoms with E-state index in [1.54, 1.807) is 19.9 Å². The highest BCUT2D eigenvalue weighted by Gasteiger charge is 2.35. The number of thiazole rings is 1. The number of carbonyl (C=O) groups is 1. The van der Waals surface area contributed by atoms with Gasteiger partial charge in [0.05, 0.1) is 33.5 Å². The van der Waals surface area contributed by atoms with Gasteiger partial charge in [0.25, 0.3) is 5.56 Å². The third-order valence-corrected chi connectivity index (χ3v) is 6.93. The summed E-state index contributed by atoms with van der Waals surface area (Å²) in [5.41, 5.74) is 1.22. The van der Waals surface area contributed by atoms with Crippen LogP contribution < -0.4 is 19.6 Å². The first-order chi connectivity index (χ1) is 17.1. The van der Waals surface area contributed by atoms with E-state index in [4.69, 9.17) is 32.7 Å². The van der Waals surface area contributed by atoms with Crippen LogP contribution in [0.4, 0.5) is 0 Å². The van der Waals surface area contributed by atoms with Crippen molar-refractivity contribution < 1.29 is 19.4 Å². The lowest BCUT2D eigenvalue weighted by Crippen LogP contribution is -2.40. The summed E-state index contributed by atoms with van der Waals surface area (Å²) in [6.07, 6.45) is 1.38. The highest BCUT2D eigenvalue weighted by molar-refractivity contribution is 7.07. The number of aromatic nitrogens is 1. The number of phenolic OH excluding ortho intramolecular Hbond substituents is 1. The number of allylic oxidation sites excluding steroid dienone is 1. The summed E-state index contributed by atoms with van der Waals surface area (Å²) in [6, 6.07) is 9.38. The molecule has 36 heavy (non-hydrogen) atoms. The SMILES string of the molecule is CCOC(=O)C1=C(C)N=c2s/c(=C\c3cc(Cl)cc(Cl)c3O)c(=O)n2C1c1ccccc1OC(C)C. The fraction of sp³-hybridized carbons (Fsp3) is 0.269. The Morgan fingerprint density at radius 1 is 1.28 bits per heavy atom. The molecular formula is C26H24Cl2N2O5S. The number of phenols is 1. The Hall–Kier alpha value is -3.07. The zero-order chi connectivity index (χ0) is 26.1. The van der Waals surface area contributed by atoms with Gasteiger partial charge in [-0.15, -0.1) is 0 Å². The van der Waals surface area contributed by atoms with E-state index in [1.807, 2.05) is 32.0 Å². The molecule has 1 unspecified atom stereocenters. The van der Waals surface area contributed by atoms with E-state index < -0.39 is 17.6 Å². The van der Waals surface area contributed by atoms with Gasteiger partial charge in [0.2, 0.25) is 0 Å². The lowest BCUT2D eigenvalue weighted by atomic mass is 9.95. The zero-order valence-electron chi connectivity index (χ0n) is 20.0. The van der Waals surface area contributed by atoms with Crippen LogP contribution in [0.5, 0.6) is 11.5 Å². The molecule has 1 aliphatic rings. The number of hydrogen-bond acceptors (Lipinski definition) is 7. The number of aromatic hydroxyl groups is 1. The number of ether oxygens (including phenoxy) is 2. The Bertz CT molecular complexity index is 1560. The van der Waals surface area contributed by atoms with E-state index >= 15 is 0 Å². The van der Waals surface area contributed by atoms with Gasteiger partial charge in [0.15, 0.2) is 4.80 Å². The predicted molar refractivity (Wildman–Crippen MR) is 141 cm³/mol. The van der Waals surface area contributed by atoms with Gasteiger partial charge in [-0.25, -0.2) is 9.79 Å². The molecule has 0 spiro atoms. The highest BCUT2D eigenvalue weighted by Crippen LogP contribution is 2.36. The van der Waals surface area contributed by atoms with Crippen LogP contribution in [0.3, 0.4) is 0 Å². The molecule has 0 saturated heterocycles. The van der Waals surface area contributed by atoms with Crippen molar-refractivity contribution in [2.45, 2.75) is 39.8 Å². The molecule has 188 valence electrons. The number of fused-ring (bicyclic) bond motifs is 1. The number of esters is 1. The van der Waals surface area contributed by atoms with Crippen LogP contribution >= 0.6 is 34.5 Å². The van der Waals surface area contributed by atoms with Gasteiger partial charge in [0, 0.05) is 16.1 Å². The number of rotatable bonds is 6. The molecule has 0 aliphatic carbocycles. The first kappa shape index (κ1) is 26.0. The number of nitrogens with zero attached hydrogens (tertiary/aromatic N) is 2. The van der Waals surface area contributed by atoms with Crippen LogP contribution in [-0.4, -0.2) is 28.4 Å². The summed E-state index contributed by atoms with van der Waals surface area (Å²) in [6.45, 7) is 7.41. The molecule has 0 amide bonds. The molecule has 10 heteroatoms. The van der Waals surface area contributed by atoms with Gasteiger partial charge in [-0.05, 0) is 52.0 Å². The molecule has 1 N–H and O–H groups in total. The van der Waals surface area contributed by atoms with Crippen molar-refractivity contribution in [2.24, 2.45) is 4.99 Å². The van der Waals surface area contributed by atoms with E-state index in [0.717, 1.165) is 11.3 Å². The molecule has 1 atom stereocenters. The first-order valence-corrected chi connectivity index (χ1v) is 12.8. The second-order valence-corrected chi connectivity index (χ2v) is 10.2. The number of halogens is 2. The van der Waals surface area contributed by atoms with Crippen LogP contribution in [0, 0.1) is 0 Å². The fourth-order valence-electron chi connectivity index (χ4n) is 3.99. The molecule has 2 heterocycles. The van der Waals surface area contributed by atoms with Crippen molar-refractivity contribution in [3.05, 3.63) is 88.5 Å².